The average molecular weight is 450 g/mol. The molecule has 1 fully saturated rings. The number of benzene rings is 1. The first-order chi connectivity index (χ1) is 13.4. The van der Waals surface area contributed by atoms with Crippen molar-refractivity contribution in [3.63, 3.8) is 0 Å². The van der Waals surface area contributed by atoms with Crippen LogP contribution in [0.2, 0.25) is 19.6 Å². The molecular weight excluding hydrogens is 421 g/mol. The number of carbonyl (C=O) groups excluding carboxylic acids is 1. The molecule has 3 nitrogen and oxygen atoms in total. The van der Waals surface area contributed by atoms with Gasteiger partial charge in [0.25, 0.3) is 0 Å². The van der Waals surface area contributed by atoms with Gasteiger partial charge in [0.2, 0.25) is 5.91 Å². The van der Waals surface area contributed by atoms with Crippen molar-refractivity contribution in [2.45, 2.75) is 44.4 Å². The Kier molecular flexibility index (Phi) is 6.41. The van der Waals surface area contributed by atoms with Crippen molar-refractivity contribution < 1.29 is 26.3 Å². The van der Waals surface area contributed by atoms with Gasteiger partial charge in [0.15, 0.2) is 0 Å². The molecule has 5 rings (SSSR count). The Morgan fingerprint density at radius 2 is 1.72 bits per heavy atom. The number of methoxy groups -OCH3 is 1. The van der Waals surface area contributed by atoms with Crippen LogP contribution in [0.1, 0.15) is 24.3 Å². The van der Waals surface area contributed by atoms with Gasteiger partial charge < -0.3 is 9.64 Å². The average Bonchev–Trinajstić information content (AvgIpc) is 3.35. The molecule has 2 atom stereocenters. The van der Waals surface area contributed by atoms with Crippen molar-refractivity contribution in [2.75, 3.05) is 12.0 Å². The molecule has 1 saturated heterocycles. The van der Waals surface area contributed by atoms with Crippen LogP contribution in [-0.2, 0) is 26.3 Å². The zero-order chi connectivity index (χ0) is 19.9. The molecule has 0 spiro atoms. The van der Waals surface area contributed by atoms with E-state index in [1.54, 1.807) is 7.11 Å². The molecule has 0 aromatic heterocycles. The van der Waals surface area contributed by atoms with Crippen LogP contribution in [0.5, 0.6) is 0 Å². The summed E-state index contributed by atoms with van der Waals surface area (Å²) in [5, 5.41) is 1.44. The van der Waals surface area contributed by atoms with Crippen LogP contribution >= 0.6 is 0 Å². The fourth-order valence-corrected chi connectivity index (χ4v) is 6.98. The second-order valence-electron chi connectivity index (χ2n) is 8.66. The number of para-hydroxylation sites is 1. The molecule has 2 heterocycles. The molecule has 29 heavy (non-hydrogen) atoms. The number of carbonyl (C=O) groups is 1. The Bertz CT molecular complexity index is 913. The number of rotatable bonds is 2. The monoisotopic (exact) mass is 449 g/mol. The van der Waals surface area contributed by atoms with Gasteiger partial charge in [-0.05, 0) is 34.9 Å². The van der Waals surface area contributed by atoms with Crippen molar-refractivity contribution >= 4 is 19.7 Å². The number of fused-ring (bicyclic) bond motifs is 3. The number of hydrogen-bond donors (Lipinski definition) is 0. The summed E-state index contributed by atoms with van der Waals surface area (Å²) in [5.74, 6) is 1.58. The Hall–Kier alpha value is -1.83. The number of ether oxygens (including phenoxy) is 1. The van der Waals surface area contributed by atoms with Gasteiger partial charge in [-0.2, -0.15) is 0 Å². The van der Waals surface area contributed by atoms with Crippen molar-refractivity contribution in [1.82, 2.24) is 0 Å². The molecule has 0 bridgehead atoms. The second kappa shape index (κ2) is 8.50. The molecule has 154 valence electrons. The standard InChI is InChI=1S/C19H23NO2Si.C5H5.Co/c1-22-15-11-12-9-10-16(21)20-14-8-6-5-7-13(14)17(18(12)20)19(15)23(2,3)4;1-2-4-5-3-1;/h5-8,11,17-18H,9-10H2,1-4H3;1-5H;/t17-,18-;;/m0../s1. The number of allylic oxidation sites excluding steroid dienone is 5. The van der Waals surface area contributed by atoms with Crippen LogP contribution in [0.15, 0.2) is 71.2 Å². The Balaban J connectivity index is 0.000000352. The van der Waals surface area contributed by atoms with E-state index in [9.17, 15) is 4.79 Å². The molecule has 2 aliphatic carbocycles. The van der Waals surface area contributed by atoms with Gasteiger partial charge in [-0.15, -0.1) is 0 Å². The van der Waals surface area contributed by atoms with Gasteiger partial charge >= 0.3 is 0 Å². The number of hydrogen-bond acceptors (Lipinski definition) is 2. The summed E-state index contributed by atoms with van der Waals surface area (Å²) in [6, 6.07) is 8.60. The summed E-state index contributed by atoms with van der Waals surface area (Å²) in [6.45, 7) is 7.11. The minimum absolute atomic E-state index is 0. The summed E-state index contributed by atoms with van der Waals surface area (Å²) in [7, 11) is 0.185. The van der Waals surface area contributed by atoms with E-state index in [0.717, 1.165) is 17.9 Å². The van der Waals surface area contributed by atoms with Crippen LogP contribution in [0, 0.1) is 6.42 Å². The molecule has 1 aromatic rings. The number of piperidine rings is 1. The molecule has 0 N–H and O–H groups in total. The normalized spacial score (nSPS) is 23.7. The Morgan fingerprint density at radius 1 is 1.03 bits per heavy atom. The molecule has 5 heteroatoms. The van der Waals surface area contributed by atoms with Crippen molar-refractivity contribution in [3.8, 4) is 0 Å². The number of nitrogens with zero attached hydrogens (tertiary/aromatic N) is 1. The zero-order valence-electron chi connectivity index (χ0n) is 17.4. The van der Waals surface area contributed by atoms with Gasteiger partial charge in [-0.3, -0.25) is 4.79 Å². The summed E-state index contributed by atoms with van der Waals surface area (Å²) < 4.78 is 5.81. The predicted molar refractivity (Wildman–Crippen MR) is 118 cm³/mol. The summed E-state index contributed by atoms with van der Waals surface area (Å²) in [6.07, 6.45) is 13.7. The van der Waals surface area contributed by atoms with Crippen LogP contribution in [-0.4, -0.2) is 27.1 Å². The van der Waals surface area contributed by atoms with E-state index < -0.39 is 8.07 Å². The van der Waals surface area contributed by atoms with Crippen molar-refractivity contribution in [2.24, 2.45) is 0 Å². The van der Waals surface area contributed by atoms with E-state index in [4.69, 9.17) is 4.74 Å². The quantitative estimate of drug-likeness (QED) is 0.573. The first-order valence-corrected chi connectivity index (χ1v) is 13.5. The smallest absolute Gasteiger partial charge is 0.227 e. The molecule has 1 aromatic carbocycles. The minimum atomic E-state index is -1.59. The van der Waals surface area contributed by atoms with E-state index in [1.807, 2.05) is 36.8 Å². The maximum atomic E-state index is 12.6. The van der Waals surface area contributed by atoms with Gasteiger partial charge in [-0.1, -0.05) is 62.1 Å². The maximum Gasteiger partial charge on any atom is 0.227 e. The minimum Gasteiger partial charge on any atom is -0.497 e. The van der Waals surface area contributed by atoms with Crippen LogP contribution in [0.25, 0.3) is 0 Å². The molecule has 2 radical (unpaired) electrons. The van der Waals surface area contributed by atoms with Crippen molar-refractivity contribution in [1.29, 1.82) is 0 Å². The third kappa shape index (κ3) is 3.83. The maximum absolute atomic E-state index is 12.6. The topological polar surface area (TPSA) is 29.5 Å². The van der Waals surface area contributed by atoms with Gasteiger partial charge in [0.1, 0.15) is 5.76 Å². The van der Waals surface area contributed by atoms with E-state index in [-0.39, 0.29) is 34.6 Å². The molecule has 1 amide bonds. The van der Waals surface area contributed by atoms with Crippen LogP contribution < -0.4 is 4.90 Å². The van der Waals surface area contributed by atoms with Gasteiger partial charge in [0, 0.05) is 41.2 Å². The molecule has 2 aliphatic heterocycles. The Labute approximate surface area is 185 Å². The van der Waals surface area contributed by atoms with Crippen LogP contribution in [0.4, 0.5) is 5.69 Å². The molecule has 0 saturated carbocycles. The first kappa shape index (κ1) is 21.9. The SMILES string of the molecule is COC1=C([Si](C)(C)C)[C@H]2c3ccccc3N3C(=O)CCC(=C1)[C@@H]23.[CH]1C=CC=C1.[Co]. The van der Waals surface area contributed by atoms with Crippen molar-refractivity contribution in [3.05, 3.63) is 83.2 Å². The molecule has 0 unspecified atom stereocenters. The molecular formula is C24H28CoNO2Si. The third-order valence-corrected chi connectivity index (χ3v) is 8.05. The fraction of sp³-hybridized carbons (Fsp3) is 0.333. The first-order valence-electron chi connectivity index (χ1n) is 10.00. The predicted octanol–water partition coefficient (Wildman–Crippen LogP) is 5.31. The number of amides is 1. The largest absolute Gasteiger partial charge is 0.497 e. The van der Waals surface area contributed by atoms with E-state index in [0.29, 0.717) is 6.42 Å². The summed E-state index contributed by atoms with van der Waals surface area (Å²) in [4.78, 5) is 14.7. The van der Waals surface area contributed by atoms with E-state index in [2.05, 4.69) is 48.8 Å². The number of anilines is 1. The van der Waals surface area contributed by atoms with E-state index >= 15 is 0 Å². The fourth-order valence-electron chi connectivity index (χ4n) is 4.82. The second-order valence-corrected chi connectivity index (χ2v) is 13.7. The summed E-state index contributed by atoms with van der Waals surface area (Å²) >= 11 is 0. The summed E-state index contributed by atoms with van der Waals surface area (Å²) in [5.41, 5.74) is 3.75. The third-order valence-electron chi connectivity index (χ3n) is 5.88. The molecule has 4 aliphatic rings. The van der Waals surface area contributed by atoms with Gasteiger partial charge in [0.05, 0.1) is 21.2 Å². The van der Waals surface area contributed by atoms with Crippen LogP contribution in [0.3, 0.4) is 0 Å². The van der Waals surface area contributed by atoms with Gasteiger partial charge in [-0.25, -0.2) is 0 Å². The Morgan fingerprint density at radius 3 is 2.31 bits per heavy atom. The zero-order valence-corrected chi connectivity index (χ0v) is 19.5. The van der Waals surface area contributed by atoms with E-state index in [1.165, 1.54) is 16.3 Å².